The fraction of sp³-hybridized carbons (Fsp3) is 0.636. The largest absolute Gasteiger partial charge is 0.337 e. The lowest BCUT2D eigenvalue weighted by Gasteiger charge is -2.01. The second-order valence-electron chi connectivity index (χ2n) is 3.90. The van der Waals surface area contributed by atoms with E-state index in [-0.39, 0.29) is 6.04 Å². The first-order valence-corrected chi connectivity index (χ1v) is 5.35. The minimum atomic E-state index is 0.159. The molecule has 0 radical (unpaired) electrons. The van der Waals surface area contributed by atoms with Crippen LogP contribution < -0.4 is 5.73 Å². The van der Waals surface area contributed by atoms with Crippen molar-refractivity contribution in [3.8, 4) is 6.07 Å². The number of rotatable bonds is 6. The first kappa shape index (κ1) is 11.7. The molecule has 15 heavy (non-hydrogen) atoms. The molecule has 0 aliphatic heterocycles. The van der Waals surface area contributed by atoms with Gasteiger partial charge in [-0.15, -0.1) is 0 Å². The van der Waals surface area contributed by atoms with Crippen LogP contribution in [-0.2, 0) is 13.0 Å². The molecule has 0 saturated heterocycles. The van der Waals surface area contributed by atoms with E-state index in [1.165, 1.54) is 0 Å². The predicted molar refractivity (Wildman–Crippen MR) is 59.0 cm³/mol. The highest BCUT2D eigenvalue weighted by Gasteiger charge is 2.01. The van der Waals surface area contributed by atoms with E-state index in [1.54, 1.807) is 0 Å². The second-order valence-corrected chi connectivity index (χ2v) is 3.90. The average molecular weight is 206 g/mol. The van der Waals surface area contributed by atoms with Gasteiger partial charge in [0.25, 0.3) is 0 Å². The number of aromatic nitrogens is 2. The van der Waals surface area contributed by atoms with Gasteiger partial charge in [-0.25, -0.2) is 4.98 Å². The van der Waals surface area contributed by atoms with E-state index in [1.807, 2.05) is 19.4 Å². The molecule has 0 aromatic carbocycles. The van der Waals surface area contributed by atoms with Gasteiger partial charge in [-0.1, -0.05) is 0 Å². The molecular weight excluding hydrogens is 188 g/mol. The zero-order chi connectivity index (χ0) is 11.1. The summed E-state index contributed by atoms with van der Waals surface area (Å²) >= 11 is 0. The van der Waals surface area contributed by atoms with Crippen molar-refractivity contribution in [3.05, 3.63) is 18.2 Å². The van der Waals surface area contributed by atoms with Gasteiger partial charge in [0.15, 0.2) is 0 Å². The first-order valence-electron chi connectivity index (χ1n) is 5.35. The number of imidazole rings is 1. The Balaban J connectivity index is 2.30. The maximum atomic E-state index is 8.38. The second kappa shape index (κ2) is 6.20. The van der Waals surface area contributed by atoms with E-state index >= 15 is 0 Å². The third-order valence-corrected chi connectivity index (χ3v) is 2.17. The van der Waals surface area contributed by atoms with Crippen molar-refractivity contribution < 1.29 is 0 Å². The lowest BCUT2D eigenvalue weighted by molar-refractivity contribution is 0.614. The van der Waals surface area contributed by atoms with Crippen LogP contribution in [0, 0.1) is 11.3 Å². The molecule has 1 rings (SSSR count). The van der Waals surface area contributed by atoms with Gasteiger partial charge in [0, 0.05) is 31.6 Å². The molecule has 1 heterocycles. The van der Waals surface area contributed by atoms with Crippen LogP contribution in [0.25, 0.3) is 0 Å². The smallest absolute Gasteiger partial charge is 0.0949 e. The monoisotopic (exact) mass is 206 g/mol. The molecule has 2 N–H and O–H groups in total. The standard InChI is InChI=1S/C11H18N4/c1-10(13)7-11-8-15(9-14-11)6-4-2-3-5-12/h8-10H,2-4,6-7,13H2,1H3. The van der Waals surface area contributed by atoms with Crippen molar-refractivity contribution in [1.29, 1.82) is 5.26 Å². The van der Waals surface area contributed by atoms with Crippen molar-refractivity contribution in [2.45, 2.75) is 45.2 Å². The van der Waals surface area contributed by atoms with Gasteiger partial charge in [0.05, 0.1) is 18.1 Å². The Bertz CT molecular complexity index is 322. The minimum absolute atomic E-state index is 0.159. The van der Waals surface area contributed by atoms with Crippen LogP contribution in [0.2, 0.25) is 0 Å². The molecule has 0 amide bonds. The summed E-state index contributed by atoms with van der Waals surface area (Å²) in [7, 11) is 0. The SMILES string of the molecule is CC(N)Cc1cn(CCCCC#N)cn1. The zero-order valence-corrected chi connectivity index (χ0v) is 9.19. The third-order valence-electron chi connectivity index (χ3n) is 2.17. The predicted octanol–water partition coefficient (Wildman–Crippen LogP) is 1.47. The quantitative estimate of drug-likeness (QED) is 0.716. The Kier molecular flexibility index (Phi) is 4.85. The molecule has 1 aromatic heterocycles. The average Bonchev–Trinajstić information content (AvgIpc) is 2.59. The van der Waals surface area contributed by atoms with E-state index in [0.717, 1.165) is 31.5 Å². The van der Waals surface area contributed by atoms with Crippen molar-refractivity contribution >= 4 is 0 Å². The summed E-state index contributed by atoms with van der Waals surface area (Å²) in [4.78, 5) is 4.27. The molecule has 1 aromatic rings. The summed E-state index contributed by atoms with van der Waals surface area (Å²) in [6, 6.07) is 2.30. The number of aryl methyl sites for hydroxylation is 1. The number of nitriles is 1. The van der Waals surface area contributed by atoms with Crippen LogP contribution in [0.3, 0.4) is 0 Å². The summed E-state index contributed by atoms with van der Waals surface area (Å²) in [6.45, 7) is 2.92. The molecule has 0 aliphatic carbocycles. The van der Waals surface area contributed by atoms with E-state index < -0.39 is 0 Å². The highest BCUT2D eigenvalue weighted by atomic mass is 15.0. The summed E-state index contributed by atoms with van der Waals surface area (Å²) in [5.41, 5.74) is 6.73. The summed E-state index contributed by atoms with van der Waals surface area (Å²) in [6.07, 6.45) is 7.32. The Morgan fingerprint density at radius 2 is 2.40 bits per heavy atom. The normalized spacial score (nSPS) is 12.3. The Hall–Kier alpha value is -1.34. The summed E-state index contributed by atoms with van der Waals surface area (Å²) in [5, 5.41) is 8.38. The fourth-order valence-corrected chi connectivity index (χ4v) is 1.46. The molecule has 0 bridgehead atoms. The van der Waals surface area contributed by atoms with Crippen LogP contribution in [0.4, 0.5) is 0 Å². The van der Waals surface area contributed by atoms with E-state index in [9.17, 15) is 0 Å². The molecule has 4 heteroatoms. The Morgan fingerprint density at radius 1 is 1.60 bits per heavy atom. The van der Waals surface area contributed by atoms with Crippen LogP contribution in [0.5, 0.6) is 0 Å². The molecule has 1 atom stereocenters. The Morgan fingerprint density at radius 3 is 3.07 bits per heavy atom. The summed E-state index contributed by atoms with van der Waals surface area (Å²) in [5.74, 6) is 0. The van der Waals surface area contributed by atoms with Crippen LogP contribution in [0.15, 0.2) is 12.5 Å². The molecular formula is C11H18N4. The lowest BCUT2D eigenvalue weighted by Crippen LogP contribution is -2.17. The minimum Gasteiger partial charge on any atom is -0.337 e. The van der Waals surface area contributed by atoms with Gasteiger partial charge >= 0.3 is 0 Å². The fourth-order valence-electron chi connectivity index (χ4n) is 1.46. The van der Waals surface area contributed by atoms with Crippen LogP contribution >= 0.6 is 0 Å². The third kappa shape index (κ3) is 4.61. The highest BCUT2D eigenvalue weighted by Crippen LogP contribution is 2.02. The molecule has 0 fully saturated rings. The van der Waals surface area contributed by atoms with Gasteiger partial charge in [-0.2, -0.15) is 5.26 Å². The van der Waals surface area contributed by atoms with Gasteiger partial charge in [0.1, 0.15) is 0 Å². The van der Waals surface area contributed by atoms with Gasteiger partial charge < -0.3 is 10.3 Å². The number of nitrogens with two attached hydrogens (primary N) is 1. The number of unbranched alkanes of at least 4 members (excludes halogenated alkanes) is 2. The molecule has 4 nitrogen and oxygen atoms in total. The molecule has 0 saturated carbocycles. The van der Waals surface area contributed by atoms with Crippen molar-refractivity contribution in [3.63, 3.8) is 0 Å². The molecule has 0 spiro atoms. The van der Waals surface area contributed by atoms with Gasteiger partial charge in [-0.05, 0) is 19.8 Å². The molecule has 1 unspecified atom stereocenters. The van der Waals surface area contributed by atoms with Gasteiger partial charge in [-0.3, -0.25) is 0 Å². The van der Waals surface area contributed by atoms with Crippen molar-refractivity contribution in [2.75, 3.05) is 0 Å². The van der Waals surface area contributed by atoms with Crippen molar-refractivity contribution in [2.24, 2.45) is 5.73 Å². The molecule has 0 aliphatic rings. The molecule has 82 valence electrons. The van der Waals surface area contributed by atoms with Crippen LogP contribution in [-0.4, -0.2) is 15.6 Å². The van der Waals surface area contributed by atoms with E-state index in [0.29, 0.717) is 6.42 Å². The van der Waals surface area contributed by atoms with E-state index in [4.69, 9.17) is 11.0 Å². The Labute approximate surface area is 90.7 Å². The van der Waals surface area contributed by atoms with E-state index in [2.05, 4.69) is 15.6 Å². The topological polar surface area (TPSA) is 67.6 Å². The highest BCUT2D eigenvalue weighted by molar-refractivity contribution is 4.98. The number of hydrogen-bond donors (Lipinski definition) is 1. The first-order chi connectivity index (χ1) is 7.22. The van der Waals surface area contributed by atoms with Crippen molar-refractivity contribution in [1.82, 2.24) is 9.55 Å². The zero-order valence-electron chi connectivity index (χ0n) is 9.19. The van der Waals surface area contributed by atoms with Crippen LogP contribution in [0.1, 0.15) is 31.9 Å². The lowest BCUT2D eigenvalue weighted by atomic mass is 10.2. The number of hydrogen-bond acceptors (Lipinski definition) is 3. The number of nitrogens with zero attached hydrogens (tertiary/aromatic N) is 3. The maximum Gasteiger partial charge on any atom is 0.0949 e. The maximum absolute atomic E-state index is 8.38. The summed E-state index contributed by atoms with van der Waals surface area (Å²) < 4.78 is 2.06. The van der Waals surface area contributed by atoms with Gasteiger partial charge in [0.2, 0.25) is 0 Å².